The van der Waals surface area contributed by atoms with Crippen molar-refractivity contribution >= 4 is 32.8 Å². The van der Waals surface area contributed by atoms with Crippen LogP contribution in [0.5, 0.6) is 11.5 Å². The van der Waals surface area contributed by atoms with Crippen molar-refractivity contribution in [3.05, 3.63) is 68.2 Å². The van der Waals surface area contributed by atoms with E-state index in [0.29, 0.717) is 6.61 Å². The second-order valence-electron chi connectivity index (χ2n) is 6.57. The lowest BCUT2D eigenvalue weighted by Gasteiger charge is -2.29. The van der Waals surface area contributed by atoms with Crippen molar-refractivity contribution in [2.45, 2.75) is 12.6 Å². The molecule has 2 heterocycles. The number of rotatable bonds is 5. The standard InChI is InChI=1S/C20H15BrFNO6/c21-15-13(22)6-12-16-18(15)29-9-11(8-28-7-10-4-2-1-3-5-10)23(16)19(25)14(17(12)24)20(26)27/h1-6,11,24H,7-9H2,(H,26,27)/t11-/m0/s1. The monoisotopic (exact) mass is 463 g/mol. The minimum absolute atomic E-state index is 0.00993. The zero-order valence-corrected chi connectivity index (χ0v) is 16.5. The molecule has 1 aliphatic rings. The molecular formula is C20H15BrFNO6. The predicted molar refractivity (Wildman–Crippen MR) is 105 cm³/mol. The SMILES string of the molecule is O=C(O)c1c(O)c2cc(F)c(Br)c3c2n(c1=O)[C@@H](COCc1ccccc1)CO3. The Bertz CT molecular complexity index is 1180. The highest BCUT2D eigenvalue weighted by Crippen LogP contribution is 2.42. The van der Waals surface area contributed by atoms with Crippen LogP contribution in [0.25, 0.3) is 10.9 Å². The number of halogens is 2. The summed E-state index contributed by atoms with van der Waals surface area (Å²) in [5.41, 5.74) is -0.673. The molecule has 4 rings (SSSR count). The van der Waals surface area contributed by atoms with Crippen LogP contribution in [0.4, 0.5) is 4.39 Å². The van der Waals surface area contributed by atoms with Gasteiger partial charge in [-0.25, -0.2) is 9.18 Å². The molecule has 0 radical (unpaired) electrons. The van der Waals surface area contributed by atoms with Crippen LogP contribution in [0.3, 0.4) is 0 Å². The Morgan fingerprint density at radius 1 is 1.34 bits per heavy atom. The molecule has 1 aromatic heterocycles. The van der Waals surface area contributed by atoms with E-state index in [4.69, 9.17) is 9.47 Å². The zero-order valence-electron chi connectivity index (χ0n) is 14.9. The molecule has 1 atom stereocenters. The summed E-state index contributed by atoms with van der Waals surface area (Å²) < 4.78 is 26.8. The van der Waals surface area contributed by atoms with Gasteiger partial charge >= 0.3 is 5.97 Å². The number of carboxylic acids is 1. The number of pyridine rings is 1. The molecule has 0 fully saturated rings. The van der Waals surface area contributed by atoms with Crippen LogP contribution in [0.2, 0.25) is 0 Å². The van der Waals surface area contributed by atoms with Gasteiger partial charge in [-0.3, -0.25) is 9.36 Å². The fraction of sp³-hybridized carbons (Fsp3) is 0.200. The van der Waals surface area contributed by atoms with Crippen LogP contribution in [-0.4, -0.2) is 34.0 Å². The lowest BCUT2D eigenvalue weighted by molar-refractivity contribution is 0.0646. The molecule has 9 heteroatoms. The third-order valence-electron chi connectivity index (χ3n) is 4.74. The number of aromatic nitrogens is 1. The number of aromatic carboxylic acids is 1. The topological polar surface area (TPSA) is 98.0 Å². The highest BCUT2D eigenvalue weighted by molar-refractivity contribution is 9.10. The van der Waals surface area contributed by atoms with Crippen LogP contribution in [0.1, 0.15) is 22.0 Å². The van der Waals surface area contributed by atoms with Crippen LogP contribution in [0, 0.1) is 5.82 Å². The number of aromatic hydroxyl groups is 1. The average molecular weight is 464 g/mol. The first kappa shape index (κ1) is 19.4. The molecule has 0 saturated carbocycles. The zero-order chi connectivity index (χ0) is 20.7. The molecule has 0 unspecified atom stereocenters. The van der Waals surface area contributed by atoms with Crippen LogP contribution in [0.15, 0.2) is 45.7 Å². The molecule has 29 heavy (non-hydrogen) atoms. The van der Waals surface area contributed by atoms with Crippen LogP contribution < -0.4 is 10.3 Å². The predicted octanol–water partition coefficient (Wildman–Crippen LogP) is 3.46. The Hall–Kier alpha value is -2.91. The average Bonchev–Trinajstić information content (AvgIpc) is 2.70. The highest BCUT2D eigenvalue weighted by atomic mass is 79.9. The van der Waals surface area contributed by atoms with Crippen LogP contribution in [-0.2, 0) is 11.3 Å². The Kier molecular flexibility index (Phi) is 5.01. The van der Waals surface area contributed by atoms with Crippen molar-refractivity contribution in [3.8, 4) is 11.5 Å². The molecule has 2 aromatic carbocycles. The number of hydrogen-bond acceptors (Lipinski definition) is 5. The van der Waals surface area contributed by atoms with Gasteiger partial charge in [-0.15, -0.1) is 0 Å². The molecule has 0 saturated heterocycles. The van der Waals surface area contributed by atoms with E-state index in [9.17, 15) is 24.2 Å². The van der Waals surface area contributed by atoms with Gasteiger partial charge in [0.2, 0.25) is 0 Å². The Morgan fingerprint density at radius 3 is 2.76 bits per heavy atom. The molecule has 150 valence electrons. The molecule has 0 amide bonds. The fourth-order valence-electron chi connectivity index (χ4n) is 3.41. The number of carboxylic acid groups (broad SMARTS) is 1. The van der Waals surface area contributed by atoms with E-state index in [2.05, 4.69) is 15.9 Å². The summed E-state index contributed by atoms with van der Waals surface area (Å²) in [7, 11) is 0. The van der Waals surface area contributed by atoms with Crippen molar-refractivity contribution < 1.29 is 28.9 Å². The van der Waals surface area contributed by atoms with Gasteiger partial charge in [-0.05, 0) is 27.6 Å². The third kappa shape index (κ3) is 3.26. The summed E-state index contributed by atoms with van der Waals surface area (Å²) in [5.74, 6) is -3.11. The molecule has 0 aliphatic carbocycles. The van der Waals surface area contributed by atoms with Gasteiger partial charge in [-0.2, -0.15) is 0 Å². The first-order valence-corrected chi connectivity index (χ1v) is 9.46. The summed E-state index contributed by atoms with van der Waals surface area (Å²) in [6.07, 6.45) is 0. The van der Waals surface area contributed by atoms with Crippen molar-refractivity contribution in [1.29, 1.82) is 0 Å². The molecule has 3 aromatic rings. The molecule has 1 aliphatic heterocycles. The van der Waals surface area contributed by atoms with E-state index >= 15 is 0 Å². The van der Waals surface area contributed by atoms with Gasteiger partial charge in [0.05, 0.1) is 29.2 Å². The maximum Gasteiger partial charge on any atom is 0.345 e. The van der Waals surface area contributed by atoms with E-state index in [0.717, 1.165) is 11.6 Å². The maximum absolute atomic E-state index is 14.3. The third-order valence-corrected chi connectivity index (χ3v) is 5.48. The van der Waals surface area contributed by atoms with Crippen molar-refractivity contribution in [2.24, 2.45) is 0 Å². The Labute approximate surface area is 172 Å². The summed E-state index contributed by atoms with van der Waals surface area (Å²) in [6.45, 7) is 0.323. The van der Waals surface area contributed by atoms with E-state index in [1.54, 1.807) is 0 Å². The summed E-state index contributed by atoms with van der Waals surface area (Å²) >= 11 is 3.08. The van der Waals surface area contributed by atoms with Gasteiger partial charge < -0.3 is 19.7 Å². The lowest BCUT2D eigenvalue weighted by Crippen LogP contribution is -2.37. The first-order valence-electron chi connectivity index (χ1n) is 8.67. The number of nitrogens with zero attached hydrogens (tertiary/aromatic N) is 1. The molecule has 2 N–H and O–H groups in total. The van der Waals surface area contributed by atoms with E-state index in [-0.39, 0.29) is 34.3 Å². The number of hydrogen-bond donors (Lipinski definition) is 2. The highest BCUT2D eigenvalue weighted by Gasteiger charge is 2.32. The summed E-state index contributed by atoms with van der Waals surface area (Å²) in [4.78, 5) is 24.5. The van der Waals surface area contributed by atoms with Crippen LogP contribution >= 0.6 is 15.9 Å². The minimum atomic E-state index is -1.60. The van der Waals surface area contributed by atoms with E-state index in [1.807, 2.05) is 30.3 Å². The van der Waals surface area contributed by atoms with E-state index < -0.39 is 34.7 Å². The Morgan fingerprint density at radius 2 is 2.07 bits per heavy atom. The quantitative estimate of drug-likeness (QED) is 0.601. The van der Waals surface area contributed by atoms with Crippen molar-refractivity contribution in [3.63, 3.8) is 0 Å². The largest absolute Gasteiger partial charge is 0.506 e. The number of benzene rings is 2. The van der Waals surface area contributed by atoms with Crippen molar-refractivity contribution in [1.82, 2.24) is 4.57 Å². The normalized spacial score (nSPS) is 15.3. The molecule has 0 bridgehead atoms. The second-order valence-corrected chi connectivity index (χ2v) is 7.36. The van der Waals surface area contributed by atoms with Gasteiger partial charge in [-0.1, -0.05) is 30.3 Å². The van der Waals surface area contributed by atoms with Gasteiger partial charge in [0.25, 0.3) is 5.56 Å². The molecule has 0 spiro atoms. The second kappa shape index (κ2) is 7.49. The van der Waals surface area contributed by atoms with Crippen molar-refractivity contribution in [2.75, 3.05) is 13.2 Å². The Balaban J connectivity index is 1.81. The van der Waals surface area contributed by atoms with Gasteiger partial charge in [0.15, 0.2) is 11.3 Å². The van der Waals surface area contributed by atoms with E-state index in [1.165, 1.54) is 4.57 Å². The smallest absolute Gasteiger partial charge is 0.345 e. The lowest BCUT2D eigenvalue weighted by atomic mass is 10.1. The number of carbonyl (C=O) groups is 1. The summed E-state index contributed by atoms with van der Waals surface area (Å²) in [6, 6.07) is 9.72. The summed E-state index contributed by atoms with van der Waals surface area (Å²) in [5, 5.41) is 19.6. The van der Waals surface area contributed by atoms with Gasteiger partial charge in [0.1, 0.15) is 18.2 Å². The number of ether oxygens (including phenoxy) is 2. The fourth-order valence-corrected chi connectivity index (χ4v) is 3.82. The maximum atomic E-state index is 14.3. The molecular weight excluding hydrogens is 449 g/mol. The minimum Gasteiger partial charge on any atom is -0.506 e. The van der Waals surface area contributed by atoms with Gasteiger partial charge in [0, 0.05) is 5.39 Å². The first-order chi connectivity index (χ1) is 13.9. The molecule has 7 nitrogen and oxygen atoms in total.